The van der Waals surface area contributed by atoms with E-state index in [9.17, 15) is 8.42 Å². The Morgan fingerprint density at radius 1 is 0.778 bits per heavy atom. The number of benzene rings is 1. The van der Waals surface area contributed by atoms with Crippen LogP contribution in [0.5, 0.6) is 0 Å². The molecule has 0 spiro atoms. The van der Waals surface area contributed by atoms with Crippen LogP contribution in [0.3, 0.4) is 0 Å². The van der Waals surface area contributed by atoms with Crippen molar-refractivity contribution in [2.24, 2.45) is 0 Å². The van der Waals surface area contributed by atoms with Gasteiger partial charge in [-0.3, -0.25) is 4.18 Å². The van der Waals surface area contributed by atoms with Crippen molar-refractivity contribution in [3.05, 3.63) is 29.8 Å². The zero-order chi connectivity index (χ0) is 19.1. The fourth-order valence-electron chi connectivity index (χ4n) is 3.05. The topological polar surface area (TPSA) is 43.4 Å². The van der Waals surface area contributed by atoms with Crippen LogP contribution in [-0.4, -0.2) is 44.6 Å². The summed E-state index contributed by atoms with van der Waals surface area (Å²) >= 11 is 0. The average molecular weight is 407 g/mol. The predicted octanol–water partition coefficient (Wildman–Crippen LogP) is 6.01. The summed E-state index contributed by atoms with van der Waals surface area (Å²) in [6.45, 7) is 4.54. The first-order valence-corrected chi connectivity index (χ1v) is 12.0. The van der Waals surface area contributed by atoms with Gasteiger partial charge >= 0.3 is 29.6 Å². The monoisotopic (exact) mass is 406 g/mol. The van der Waals surface area contributed by atoms with Gasteiger partial charge in [0.1, 0.15) is 0 Å². The molecule has 0 saturated carbocycles. The molecule has 0 aliphatic heterocycles. The SMILES string of the molecule is CCCCCCCCCCCCc1cccc(S(=O)(=O)OCCCC)c1.[NaH]. The van der Waals surface area contributed by atoms with E-state index in [1.54, 1.807) is 12.1 Å². The molecule has 0 fully saturated rings. The Labute approximate surface area is 190 Å². The summed E-state index contributed by atoms with van der Waals surface area (Å²) in [5, 5.41) is 0. The third kappa shape index (κ3) is 13.1. The van der Waals surface area contributed by atoms with Gasteiger partial charge in [0, 0.05) is 0 Å². The van der Waals surface area contributed by atoms with Gasteiger partial charge in [0.25, 0.3) is 10.1 Å². The van der Waals surface area contributed by atoms with Crippen molar-refractivity contribution in [2.75, 3.05) is 6.61 Å². The zero-order valence-corrected chi connectivity index (χ0v) is 17.7. The first-order valence-electron chi connectivity index (χ1n) is 10.6. The molecule has 0 radical (unpaired) electrons. The molecule has 1 aromatic carbocycles. The summed E-state index contributed by atoms with van der Waals surface area (Å²) in [7, 11) is -3.61. The molecule has 0 N–H and O–H groups in total. The van der Waals surface area contributed by atoms with E-state index in [0.717, 1.165) is 31.2 Å². The van der Waals surface area contributed by atoms with Gasteiger partial charge in [-0.05, 0) is 37.0 Å². The fourth-order valence-corrected chi connectivity index (χ4v) is 4.07. The van der Waals surface area contributed by atoms with Gasteiger partial charge in [-0.15, -0.1) is 0 Å². The zero-order valence-electron chi connectivity index (χ0n) is 16.8. The Morgan fingerprint density at radius 2 is 1.33 bits per heavy atom. The molecule has 5 heteroatoms. The molecule has 0 unspecified atom stereocenters. The van der Waals surface area contributed by atoms with Gasteiger partial charge in [-0.2, -0.15) is 8.42 Å². The summed E-state index contributed by atoms with van der Waals surface area (Å²) in [5.74, 6) is 0. The third-order valence-corrected chi connectivity index (χ3v) is 6.05. The van der Waals surface area contributed by atoms with Crippen LogP contribution >= 0.6 is 0 Å². The van der Waals surface area contributed by atoms with E-state index in [-0.39, 0.29) is 41.1 Å². The van der Waals surface area contributed by atoms with Gasteiger partial charge in [0.15, 0.2) is 0 Å². The van der Waals surface area contributed by atoms with Gasteiger partial charge in [0.05, 0.1) is 11.5 Å². The van der Waals surface area contributed by atoms with Gasteiger partial charge in [-0.1, -0.05) is 90.2 Å². The van der Waals surface area contributed by atoms with Crippen molar-refractivity contribution in [1.82, 2.24) is 0 Å². The summed E-state index contributed by atoms with van der Waals surface area (Å²) < 4.78 is 29.4. The number of unbranched alkanes of at least 4 members (excludes halogenated alkanes) is 10. The molecule has 0 aliphatic rings. The van der Waals surface area contributed by atoms with E-state index in [0.29, 0.717) is 0 Å². The molecular weight excluding hydrogens is 367 g/mol. The van der Waals surface area contributed by atoms with Crippen molar-refractivity contribution in [3.63, 3.8) is 0 Å². The van der Waals surface area contributed by atoms with Gasteiger partial charge < -0.3 is 0 Å². The minimum atomic E-state index is -3.61. The maximum absolute atomic E-state index is 12.2. The molecule has 152 valence electrons. The molecule has 1 rings (SSSR count). The molecule has 0 amide bonds. The Bertz CT molecular complexity index is 573. The Hall–Kier alpha value is 0.130. The van der Waals surface area contributed by atoms with E-state index in [1.807, 2.05) is 19.1 Å². The molecule has 3 nitrogen and oxygen atoms in total. The molecule has 0 atom stereocenters. The van der Waals surface area contributed by atoms with Crippen molar-refractivity contribution < 1.29 is 12.6 Å². The van der Waals surface area contributed by atoms with E-state index < -0.39 is 10.1 Å². The molecule has 0 heterocycles. The first kappa shape index (κ1) is 27.1. The van der Waals surface area contributed by atoms with Crippen LogP contribution in [0.1, 0.15) is 96.5 Å². The Kier molecular flexibility index (Phi) is 17.1. The Balaban J connectivity index is 0.00000676. The second-order valence-corrected chi connectivity index (χ2v) is 8.82. The van der Waals surface area contributed by atoms with Crippen LogP contribution in [0.4, 0.5) is 0 Å². The molecule has 0 bridgehead atoms. The van der Waals surface area contributed by atoms with Crippen LogP contribution < -0.4 is 0 Å². The van der Waals surface area contributed by atoms with Crippen LogP contribution in [0, 0.1) is 0 Å². The number of hydrogen-bond acceptors (Lipinski definition) is 3. The number of rotatable bonds is 16. The van der Waals surface area contributed by atoms with Gasteiger partial charge in [0.2, 0.25) is 0 Å². The molecular formula is C22H39NaO3S. The average Bonchev–Trinajstić information content (AvgIpc) is 2.64. The van der Waals surface area contributed by atoms with E-state index >= 15 is 0 Å². The molecule has 0 aliphatic carbocycles. The van der Waals surface area contributed by atoms with Crippen molar-refractivity contribution >= 4 is 39.7 Å². The molecule has 27 heavy (non-hydrogen) atoms. The first-order chi connectivity index (χ1) is 12.6. The van der Waals surface area contributed by atoms with E-state index in [1.165, 1.54) is 57.8 Å². The van der Waals surface area contributed by atoms with E-state index in [4.69, 9.17) is 4.18 Å². The normalized spacial score (nSPS) is 11.3. The summed E-state index contributed by atoms with van der Waals surface area (Å²) in [5.41, 5.74) is 1.09. The van der Waals surface area contributed by atoms with Crippen LogP contribution in [0.2, 0.25) is 0 Å². The third-order valence-electron chi connectivity index (χ3n) is 4.74. The summed E-state index contributed by atoms with van der Waals surface area (Å²) in [4.78, 5) is 0.290. The quantitative estimate of drug-likeness (QED) is 0.192. The van der Waals surface area contributed by atoms with E-state index in [2.05, 4.69) is 6.92 Å². The fraction of sp³-hybridized carbons (Fsp3) is 0.727. The van der Waals surface area contributed by atoms with Crippen molar-refractivity contribution in [1.29, 1.82) is 0 Å². The van der Waals surface area contributed by atoms with Crippen molar-refractivity contribution in [3.8, 4) is 0 Å². The predicted molar refractivity (Wildman–Crippen MR) is 117 cm³/mol. The molecule has 0 saturated heterocycles. The van der Waals surface area contributed by atoms with Crippen molar-refractivity contribution in [2.45, 2.75) is 102 Å². The second kappa shape index (κ2) is 17.0. The maximum atomic E-state index is 12.2. The second-order valence-electron chi connectivity index (χ2n) is 7.21. The molecule has 1 aromatic rings. The number of aryl methyl sites for hydroxylation is 1. The summed E-state index contributed by atoms with van der Waals surface area (Å²) in [6, 6.07) is 7.23. The van der Waals surface area contributed by atoms with Crippen LogP contribution in [0.15, 0.2) is 29.2 Å². The molecule has 0 aromatic heterocycles. The summed E-state index contributed by atoms with van der Waals surface area (Å²) in [6.07, 6.45) is 15.8. The van der Waals surface area contributed by atoms with Gasteiger partial charge in [-0.25, -0.2) is 0 Å². The Morgan fingerprint density at radius 3 is 1.93 bits per heavy atom. The van der Waals surface area contributed by atoms with Crippen LogP contribution in [0.25, 0.3) is 0 Å². The minimum absolute atomic E-state index is 0. The standard InChI is InChI=1S/C22H38O3S.Na.H/c1-3-5-7-8-9-10-11-12-13-14-16-21-17-15-18-22(20-21)26(23,24)25-19-6-4-2;;/h15,17-18,20H,3-14,16,19H2,1-2H3;;. The number of hydrogen-bond donors (Lipinski definition) is 0. The van der Waals surface area contributed by atoms with Crippen LogP contribution in [-0.2, 0) is 20.7 Å².